The van der Waals surface area contributed by atoms with Crippen LogP contribution in [0, 0.1) is 15.9 Å². The molecule has 0 unspecified atom stereocenters. The van der Waals surface area contributed by atoms with Crippen LogP contribution >= 0.6 is 11.6 Å². The molecule has 2 aromatic rings. The van der Waals surface area contributed by atoms with E-state index in [1.165, 1.54) is 24.3 Å². The molecule has 0 aliphatic rings. The molecule has 104 valence electrons. The Kier molecular flexibility index (Phi) is 3.99. The number of pyridine rings is 1. The van der Waals surface area contributed by atoms with Crippen molar-refractivity contribution in [1.29, 1.82) is 0 Å². The highest BCUT2D eigenvalue weighted by Crippen LogP contribution is 2.25. The number of nitro groups is 1. The third-order valence-electron chi connectivity index (χ3n) is 2.41. The Balaban J connectivity index is 2.37. The molecule has 0 aliphatic carbocycles. The lowest BCUT2D eigenvalue weighted by molar-refractivity contribution is -0.384. The predicted molar refractivity (Wildman–Crippen MR) is 75.1 cm³/mol. The monoisotopic (exact) mass is 296 g/mol. The van der Waals surface area contributed by atoms with Crippen molar-refractivity contribution in [2.45, 2.75) is 0 Å². The highest BCUT2D eigenvalue weighted by Gasteiger charge is 2.11. The molecule has 0 amide bonds. The second-order valence-electron chi connectivity index (χ2n) is 3.89. The van der Waals surface area contributed by atoms with Crippen LogP contribution in [0.4, 0.5) is 27.4 Å². The van der Waals surface area contributed by atoms with E-state index >= 15 is 0 Å². The molecular weight excluding hydrogens is 287 g/mol. The summed E-state index contributed by atoms with van der Waals surface area (Å²) in [6.45, 7) is 0. The Bertz CT molecular complexity index is 646. The molecule has 8 heteroatoms. The van der Waals surface area contributed by atoms with Gasteiger partial charge in [-0.15, -0.1) is 0 Å². The van der Waals surface area contributed by atoms with E-state index in [0.29, 0.717) is 11.5 Å². The van der Waals surface area contributed by atoms with E-state index < -0.39 is 10.7 Å². The number of rotatable bonds is 4. The molecule has 2 N–H and O–H groups in total. The molecule has 1 aromatic carbocycles. The Morgan fingerprint density at radius 2 is 1.95 bits per heavy atom. The number of nitrogens with one attached hydrogen (secondary N) is 2. The van der Waals surface area contributed by atoms with Crippen LogP contribution in [0.2, 0.25) is 5.02 Å². The van der Waals surface area contributed by atoms with Gasteiger partial charge >= 0.3 is 0 Å². The van der Waals surface area contributed by atoms with Crippen LogP contribution in [0.3, 0.4) is 0 Å². The molecule has 0 aliphatic heterocycles. The van der Waals surface area contributed by atoms with Crippen molar-refractivity contribution in [3.05, 3.63) is 51.3 Å². The second kappa shape index (κ2) is 5.70. The van der Waals surface area contributed by atoms with E-state index in [1.54, 1.807) is 7.05 Å². The van der Waals surface area contributed by atoms with Crippen molar-refractivity contribution in [3.8, 4) is 0 Å². The molecule has 0 saturated carbocycles. The Morgan fingerprint density at radius 3 is 2.55 bits per heavy atom. The number of nitrogens with zero attached hydrogens (tertiary/aromatic N) is 2. The second-order valence-corrected chi connectivity index (χ2v) is 4.32. The van der Waals surface area contributed by atoms with Crippen LogP contribution in [-0.2, 0) is 0 Å². The summed E-state index contributed by atoms with van der Waals surface area (Å²) in [5.74, 6) is 0.0219. The maximum atomic E-state index is 13.2. The summed E-state index contributed by atoms with van der Waals surface area (Å²) in [6.07, 6.45) is 0. The smallest absolute Gasteiger partial charge is 0.276 e. The van der Waals surface area contributed by atoms with Gasteiger partial charge in [-0.3, -0.25) is 10.1 Å². The van der Waals surface area contributed by atoms with Gasteiger partial charge in [-0.2, -0.15) is 0 Å². The van der Waals surface area contributed by atoms with Gasteiger partial charge in [0.2, 0.25) is 0 Å². The van der Waals surface area contributed by atoms with Crippen LogP contribution in [0.25, 0.3) is 0 Å². The van der Waals surface area contributed by atoms with Crippen molar-refractivity contribution in [2.75, 3.05) is 17.7 Å². The molecule has 20 heavy (non-hydrogen) atoms. The van der Waals surface area contributed by atoms with Crippen molar-refractivity contribution < 1.29 is 9.31 Å². The van der Waals surface area contributed by atoms with Crippen LogP contribution in [0.1, 0.15) is 0 Å². The third-order valence-corrected chi connectivity index (χ3v) is 2.63. The molecule has 0 fully saturated rings. The van der Waals surface area contributed by atoms with Gasteiger partial charge < -0.3 is 10.6 Å². The van der Waals surface area contributed by atoms with Gasteiger partial charge in [-0.05, 0) is 18.2 Å². The normalized spacial score (nSPS) is 10.2. The zero-order chi connectivity index (χ0) is 14.7. The molecule has 0 radical (unpaired) electrons. The van der Waals surface area contributed by atoms with E-state index in [2.05, 4.69) is 15.6 Å². The number of benzene rings is 1. The fraction of sp³-hybridized carbons (Fsp3) is 0.0833. The largest absolute Gasteiger partial charge is 0.373 e. The molecule has 1 heterocycles. The van der Waals surface area contributed by atoms with Gasteiger partial charge in [0.15, 0.2) is 0 Å². The molecule has 1 aromatic heterocycles. The molecule has 0 bridgehead atoms. The third kappa shape index (κ3) is 3.33. The average Bonchev–Trinajstić information content (AvgIpc) is 2.36. The summed E-state index contributed by atoms with van der Waals surface area (Å²) < 4.78 is 13.2. The number of hydrogen-bond acceptors (Lipinski definition) is 5. The summed E-state index contributed by atoms with van der Waals surface area (Å²) in [4.78, 5) is 14.4. The SMILES string of the molecule is CNc1cc([N+](=O)[O-])cc(Nc2cc(F)cc(Cl)c2)n1. The van der Waals surface area contributed by atoms with Gasteiger partial charge in [-0.1, -0.05) is 11.6 Å². The lowest BCUT2D eigenvalue weighted by atomic mass is 10.3. The van der Waals surface area contributed by atoms with E-state index in [-0.39, 0.29) is 16.5 Å². The van der Waals surface area contributed by atoms with Crippen LogP contribution in [0.15, 0.2) is 30.3 Å². The molecule has 2 rings (SSSR count). The number of aromatic nitrogens is 1. The highest BCUT2D eigenvalue weighted by molar-refractivity contribution is 6.30. The average molecular weight is 297 g/mol. The lowest BCUT2D eigenvalue weighted by Crippen LogP contribution is -2.00. The zero-order valence-corrected chi connectivity index (χ0v) is 11.1. The molecular formula is C12H10ClFN4O2. The molecule has 6 nitrogen and oxygen atoms in total. The summed E-state index contributed by atoms with van der Waals surface area (Å²) >= 11 is 5.74. The van der Waals surface area contributed by atoms with Crippen LogP contribution in [-0.4, -0.2) is 17.0 Å². The quantitative estimate of drug-likeness (QED) is 0.666. The Morgan fingerprint density at radius 1 is 1.25 bits per heavy atom. The van der Waals surface area contributed by atoms with Crippen molar-refractivity contribution >= 4 is 34.6 Å². The van der Waals surface area contributed by atoms with Gasteiger partial charge in [0.05, 0.1) is 17.1 Å². The van der Waals surface area contributed by atoms with Crippen LogP contribution < -0.4 is 10.6 Å². The predicted octanol–water partition coefficient (Wildman–Crippen LogP) is 3.57. The van der Waals surface area contributed by atoms with Crippen LogP contribution in [0.5, 0.6) is 0 Å². The number of anilines is 3. The van der Waals surface area contributed by atoms with Gasteiger partial charge in [0, 0.05) is 17.8 Å². The Labute approximate surface area is 118 Å². The standard InChI is InChI=1S/C12H10ClFN4O2/c1-15-11-5-10(18(19)20)6-12(17-11)16-9-3-7(13)2-8(14)4-9/h2-6H,1H3,(H2,15,16,17). The maximum Gasteiger partial charge on any atom is 0.276 e. The summed E-state index contributed by atoms with van der Waals surface area (Å²) in [5, 5.41) is 16.5. The first-order chi connectivity index (χ1) is 9.47. The van der Waals surface area contributed by atoms with Crippen molar-refractivity contribution in [2.24, 2.45) is 0 Å². The number of halogens is 2. The topological polar surface area (TPSA) is 80.1 Å². The molecule has 0 spiro atoms. The van der Waals surface area contributed by atoms with Gasteiger partial charge in [-0.25, -0.2) is 9.37 Å². The van der Waals surface area contributed by atoms with Crippen molar-refractivity contribution in [3.63, 3.8) is 0 Å². The first-order valence-electron chi connectivity index (χ1n) is 5.55. The maximum absolute atomic E-state index is 13.2. The molecule has 0 atom stereocenters. The minimum Gasteiger partial charge on any atom is -0.373 e. The minimum absolute atomic E-state index is 0.130. The van der Waals surface area contributed by atoms with E-state index in [0.717, 1.165) is 6.07 Å². The minimum atomic E-state index is -0.535. The fourth-order valence-electron chi connectivity index (χ4n) is 1.59. The number of hydrogen-bond donors (Lipinski definition) is 2. The van der Waals surface area contributed by atoms with Crippen molar-refractivity contribution in [1.82, 2.24) is 4.98 Å². The molecule has 0 saturated heterocycles. The summed E-state index contributed by atoms with van der Waals surface area (Å²) in [7, 11) is 1.59. The first kappa shape index (κ1) is 14.0. The van der Waals surface area contributed by atoms with Gasteiger partial charge in [0.1, 0.15) is 17.5 Å². The summed E-state index contributed by atoms with van der Waals surface area (Å²) in [5.41, 5.74) is 0.222. The zero-order valence-electron chi connectivity index (χ0n) is 10.4. The lowest BCUT2D eigenvalue weighted by Gasteiger charge is -2.08. The first-order valence-corrected chi connectivity index (χ1v) is 5.93. The summed E-state index contributed by atoms with van der Waals surface area (Å²) in [6, 6.07) is 6.41. The van der Waals surface area contributed by atoms with Gasteiger partial charge in [0.25, 0.3) is 5.69 Å². The fourth-order valence-corrected chi connectivity index (χ4v) is 1.81. The highest BCUT2D eigenvalue weighted by atomic mass is 35.5. The van der Waals surface area contributed by atoms with E-state index in [4.69, 9.17) is 11.6 Å². The Hall–Kier alpha value is -2.41. The van der Waals surface area contributed by atoms with E-state index in [1.807, 2.05) is 0 Å². The van der Waals surface area contributed by atoms with E-state index in [9.17, 15) is 14.5 Å².